The lowest BCUT2D eigenvalue weighted by atomic mass is 10.3. The molecule has 1 aliphatic rings. The van der Waals surface area contributed by atoms with Crippen molar-refractivity contribution in [1.82, 2.24) is 5.06 Å². The number of hydrogen-bond donors (Lipinski definition) is 1. The van der Waals surface area contributed by atoms with E-state index in [9.17, 15) is 4.79 Å². The molecule has 1 N–H and O–H groups in total. The molecule has 1 fully saturated rings. The Morgan fingerprint density at radius 3 is 2.85 bits per heavy atom. The van der Waals surface area contributed by atoms with Crippen LogP contribution in [-0.2, 0) is 9.63 Å². The largest absolute Gasteiger partial charge is 0.491 e. The van der Waals surface area contributed by atoms with E-state index in [1.165, 1.54) is 0 Å². The summed E-state index contributed by atoms with van der Waals surface area (Å²) in [5.74, 6) is 1.44. The van der Waals surface area contributed by atoms with Crippen LogP contribution >= 0.6 is 11.6 Å². The molecule has 1 aliphatic heterocycles. The first-order valence-corrected chi connectivity index (χ1v) is 8.84. The number of halogens is 1. The highest BCUT2D eigenvalue weighted by molar-refractivity contribution is 6.30. The summed E-state index contributed by atoms with van der Waals surface area (Å²) >= 11 is 5.87. The molecular formula is C19H21ClN2O4. The molecule has 1 unspecified atom stereocenters. The van der Waals surface area contributed by atoms with E-state index in [4.69, 9.17) is 25.9 Å². The minimum Gasteiger partial charge on any atom is -0.491 e. The highest BCUT2D eigenvalue weighted by atomic mass is 35.5. The van der Waals surface area contributed by atoms with E-state index in [0.29, 0.717) is 42.6 Å². The third-order valence-electron chi connectivity index (χ3n) is 3.88. The van der Waals surface area contributed by atoms with Gasteiger partial charge in [-0.25, -0.2) is 0 Å². The Hall–Kier alpha value is -2.28. The lowest BCUT2D eigenvalue weighted by molar-refractivity contribution is -0.111. The summed E-state index contributed by atoms with van der Waals surface area (Å²) in [5, 5.41) is 5.20. The maximum atomic E-state index is 10.6. The highest BCUT2D eigenvalue weighted by Gasteiger charge is 2.24. The van der Waals surface area contributed by atoms with Crippen molar-refractivity contribution in [2.45, 2.75) is 12.5 Å². The van der Waals surface area contributed by atoms with Crippen molar-refractivity contribution >= 4 is 23.7 Å². The van der Waals surface area contributed by atoms with Crippen LogP contribution in [0.4, 0.5) is 5.69 Å². The van der Waals surface area contributed by atoms with Gasteiger partial charge in [-0.2, -0.15) is 5.06 Å². The zero-order chi connectivity index (χ0) is 18.2. The summed E-state index contributed by atoms with van der Waals surface area (Å²) in [7, 11) is 0. The third-order valence-corrected chi connectivity index (χ3v) is 4.13. The number of nitrogens with one attached hydrogen (secondary N) is 1. The fraction of sp³-hybridized carbons (Fsp3) is 0.316. The van der Waals surface area contributed by atoms with E-state index in [0.717, 1.165) is 18.7 Å². The molecule has 0 bridgehead atoms. The van der Waals surface area contributed by atoms with Gasteiger partial charge in [0.1, 0.15) is 24.2 Å². The Morgan fingerprint density at radius 2 is 2.04 bits per heavy atom. The van der Waals surface area contributed by atoms with Gasteiger partial charge in [0.05, 0.1) is 18.8 Å². The molecule has 2 aromatic rings. The van der Waals surface area contributed by atoms with Crippen LogP contribution in [0.3, 0.4) is 0 Å². The average molecular weight is 377 g/mol. The minimum absolute atomic E-state index is 0.00499. The maximum Gasteiger partial charge on any atom is 0.211 e. The van der Waals surface area contributed by atoms with Gasteiger partial charge in [0, 0.05) is 11.6 Å². The van der Waals surface area contributed by atoms with Crippen molar-refractivity contribution in [1.29, 1.82) is 0 Å². The van der Waals surface area contributed by atoms with Gasteiger partial charge in [-0.05, 0) is 42.8 Å². The average Bonchev–Trinajstić information content (AvgIpc) is 3.09. The van der Waals surface area contributed by atoms with Crippen LogP contribution in [0.2, 0.25) is 5.02 Å². The van der Waals surface area contributed by atoms with Crippen LogP contribution in [-0.4, -0.2) is 43.9 Å². The van der Waals surface area contributed by atoms with Gasteiger partial charge in [0.15, 0.2) is 0 Å². The molecule has 26 heavy (non-hydrogen) atoms. The van der Waals surface area contributed by atoms with Crippen molar-refractivity contribution in [2.24, 2.45) is 0 Å². The third kappa shape index (κ3) is 5.36. The van der Waals surface area contributed by atoms with E-state index in [2.05, 4.69) is 5.32 Å². The van der Waals surface area contributed by atoms with Crippen LogP contribution < -0.4 is 14.8 Å². The van der Waals surface area contributed by atoms with Gasteiger partial charge in [0.25, 0.3) is 0 Å². The predicted octanol–water partition coefficient (Wildman–Crippen LogP) is 3.37. The van der Waals surface area contributed by atoms with Gasteiger partial charge in [-0.3, -0.25) is 9.63 Å². The summed E-state index contributed by atoms with van der Waals surface area (Å²) in [6.07, 6.45) is 1.43. The fourth-order valence-electron chi connectivity index (χ4n) is 2.65. The zero-order valence-electron chi connectivity index (χ0n) is 14.3. The second kappa shape index (κ2) is 9.43. The number of benzene rings is 2. The summed E-state index contributed by atoms with van der Waals surface area (Å²) in [6, 6.07) is 14.6. The number of hydrogen-bond acceptors (Lipinski definition) is 5. The minimum atomic E-state index is -0.00499. The highest BCUT2D eigenvalue weighted by Crippen LogP contribution is 2.23. The molecule has 1 saturated heterocycles. The fourth-order valence-corrected chi connectivity index (χ4v) is 2.78. The molecule has 1 atom stereocenters. The molecule has 0 saturated carbocycles. The molecule has 6 nitrogen and oxygen atoms in total. The number of para-hydroxylation sites is 2. The van der Waals surface area contributed by atoms with Gasteiger partial charge >= 0.3 is 0 Å². The van der Waals surface area contributed by atoms with Crippen LogP contribution in [0, 0.1) is 0 Å². The van der Waals surface area contributed by atoms with E-state index in [-0.39, 0.29) is 6.10 Å². The first-order valence-electron chi connectivity index (χ1n) is 8.46. The molecular weight excluding hydrogens is 356 g/mol. The normalized spacial score (nSPS) is 17.0. The van der Waals surface area contributed by atoms with Crippen molar-refractivity contribution in [3.63, 3.8) is 0 Å². The molecule has 1 amide bonds. The first kappa shape index (κ1) is 18.5. The maximum absolute atomic E-state index is 10.6. The van der Waals surface area contributed by atoms with Crippen LogP contribution in [0.15, 0.2) is 48.5 Å². The van der Waals surface area contributed by atoms with Gasteiger partial charge in [-0.1, -0.05) is 23.7 Å². The number of ether oxygens (including phenoxy) is 2. The Balaban J connectivity index is 1.37. The number of rotatable bonds is 9. The van der Waals surface area contributed by atoms with Crippen LogP contribution in [0.5, 0.6) is 11.5 Å². The Bertz CT molecular complexity index is 711. The van der Waals surface area contributed by atoms with Crippen LogP contribution in [0.1, 0.15) is 6.42 Å². The Kier molecular flexibility index (Phi) is 6.71. The zero-order valence-corrected chi connectivity index (χ0v) is 15.0. The van der Waals surface area contributed by atoms with Crippen molar-refractivity contribution in [3.8, 4) is 11.5 Å². The molecule has 2 aromatic carbocycles. The molecule has 3 rings (SSSR count). The van der Waals surface area contributed by atoms with E-state index < -0.39 is 0 Å². The summed E-state index contributed by atoms with van der Waals surface area (Å²) in [4.78, 5) is 16.2. The van der Waals surface area contributed by atoms with Crippen molar-refractivity contribution < 1.29 is 19.1 Å². The number of carbonyl (C=O) groups is 1. The van der Waals surface area contributed by atoms with Crippen molar-refractivity contribution in [3.05, 3.63) is 53.6 Å². The smallest absolute Gasteiger partial charge is 0.211 e. The molecule has 1 heterocycles. The van der Waals surface area contributed by atoms with Gasteiger partial charge < -0.3 is 14.8 Å². The van der Waals surface area contributed by atoms with E-state index >= 15 is 0 Å². The molecule has 7 heteroatoms. The topological polar surface area (TPSA) is 60.0 Å². The molecule has 0 spiro atoms. The summed E-state index contributed by atoms with van der Waals surface area (Å²) in [6.45, 7) is 2.49. The second-order valence-corrected chi connectivity index (χ2v) is 6.27. The van der Waals surface area contributed by atoms with Crippen molar-refractivity contribution in [2.75, 3.05) is 31.6 Å². The predicted molar refractivity (Wildman–Crippen MR) is 99.6 cm³/mol. The Morgan fingerprint density at radius 1 is 1.23 bits per heavy atom. The molecule has 0 aliphatic carbocycles. The molecule has 0 aromatic heterocycles. The van der Waals surface area contributed by atoms with Gasteiger partial charge in [-0.15, -0.1) is 0 Å². The molecule has 0 radical (unpaired) electrons. The lowest BCUT2D eigenvalue weighted by Gasteiger charge is -2.15. The number of amides is 1. The summed E-state index contributed by atoms with van der Waals surface area (Å²) < 4.78 is 11.6. The lowest BCUT2D eigenvalue weighted by Crippen LogP contribution is -2.26. The van der Waals surface area contributed by atoms with E-state index in [1.807, 2.05) is 35.4 Å². The second-order valence-electron chi connectivity index (χ2n) is 5.84. The standard InChI is InChI=1S/C19H21ClN2O4/c20-15-6-8-16(9-7-15)26-17-12-22(25-13-17)10-3-11-24-19-5-2-1-4-18(19)21-14-23/h1-2,4-9,14,17H,3,10-13H2,(H,21,23). The number of carbonyl (C=O) groups excluding carboxylic acids is 1. The summed E-state index contributed by atoms with van der Waals surface area (Å²) in [5.41, 5.74) is 0.663. The number of nitrogens with zero attached hydrogens (tertiary/aromatic N) is 1. The Labute approximate surface area is 157 Å². The number of hydroxylamine groups is 2. The van der Waals surface area contributed by atoms with Gasteiger partial charge in [0.2, 0.25) is 6.41 Å². The van der Waals surface area contributed by atoms with E-state index in [1.54, 1.807) is 18.2 Å². The number of anilines is 1. The first-order chi connectivity index (χ1) is 12.7. The van der Waals surface area contributed by atoms with Crippen LogP contribution in [0.25, 0.3) is 0 Å². The SMILES string of the molecule is O=CNc1ccccc1OCCCN1CC(Oc2ccc(Cl)cc2)CO1. The monoisotopic (exact) mass is 376 g/mol. The molecule has 138 valence electrons. The quantitative estimate of drug-likeness (QED) is 0.537.